The summed E-state index contributed by atoms with van der Waals surface area (Å²) in [6.07, 6.45) is 86.8. The maximum Gasteiger partial charge on any atom is 0.472 e. The molecule has 0 spiro atoms. The number of nitrogens with two attached hydrogens (primary N) is 1. The number of carbonyl (C=O) groups excluding carboxylic acids is 2. The van der Waals surface area contributed by atoms with Crippen LogP contribution in [0.5, 0.6) is 0 Å². The molecule has 0 bridgehead atoms. The molecule has 77 heavy (non-hydrogen) atoms. The first-order valence-electron chi connectivity index (χ1n) is 30.7. The standard InChI is InChI=1S/C67H112NO8P/c1-3-5-7-9-11-13-15-17-19-21-23-25-27-28-29-30-31-32-33-34-35-36-38-39-41-43-45-47-49-51-53-55-57-59-66(69)73-63-65(64-75-77(71,72)74-62-61-68)76-67(70)60-58-56-54-52-50-48-46-44-42-40-37-26-24-22-20-18-16-14-12-10-8-6-4-2/h5-8,11-14,17-20,23-26,40,42,46,48,52,54,65H,3-4,9-10,15-16,21-22,27-39,41,43-45,47,49-51,53,55-64,68H2,1-2H3,(H,71,72)/b7-5-,8-6-,13-11-,14-12-,19-17-,20-18-,25-23-,26-24-,42-40-,48-46-,54-52-. The topological polar surface area (TPSA) is 134 Å². The summed E-state index contributed by atoms with van der Waals surface area (Å²) in [5.41, 5.74) is 5.38. The van der Waals surface area contributed by atoms with Gasteiger partial charge in [0.05, 0.1) is 13.2 Å². The lowest BCUT2D eigenvalue weighted by Gasteiger charge is -2.19. The van der Waals surface area contributed by atoms with Crippen LogP contribution in [0.1, 0.15) is 245 Å². The van der Waals surface area contributed by atoms with Crippen molar-refractivity contribution < 1.29 is 37.6 Å². The molecule has 438 valence electrons. The lowest BCUT2D eigenvalue weighted by Crippen LogP contribution is -2.29. The fraction of sp³-hybridized carbons (Fsp3) is 0.642. The van der Waals surface area contributed by atoms with Crippen LogP contribution in [0.2, 0.25) is 0 Å². The van der Waals surface area contributed by atoms with E-state index in [0.29, 0.717) is 12.8 Å². The van der Waals surface area contributed by atoms with E-state index in [1.807, 2.05) is 6.08 Å². The molecule has 0 radical (unpaired) electrons. The predicted molar refractivity (Wildman–Crippen MR) is 330 cm³/mol. The van der Waals surface area contributed by atoms with Crippen LogP contribution >= 0.6 is 7.82 Å². The van der Waals surface area contributed by atoms with Gasteiger partial charge in [-0.25, -0.2) is 4.57 Å². The number of unbranched alkanes of at least 4 members (excludes halogenated alkanes) is 21. The Balaban J connectivity index is 3.99. The molecule has 0 aliphatic heterocycles. The highest BCUT2D eigenvalue weighted by Gasteiger charge is 2.26. The van der Waals surface area contributed by atoms with E-state index < -0.39 is 32.5 Å². The molecule has 0 amide bonds. The summed E-state index contributed by atoms with van der Waals surface area (Å²) in [6.45, 7) is 3.45. The van der Waals surface area contributed by atoms with Gasteiger partial charge in [0.1, 0.15) is 6.61 Å². The minimum atomic E-state index is -4.41. The molecule has 2 atom stereocenters. The van der Waals surface area contributed by atoms with Crippen LogP contribution in [0, 0.1) is 0 Å². The Hall–Kier alpha value is -3.85. The van der Waals surface area contributed by atoms with Gasteiger partial charge in [-0.3, -0.25) is 18.6 Å². The number of allylic oxidation sites excluding steroid dienone is 22. The first-order chi connectivity index (χ1) is 37.8. The maximum absolute atomic E-state index is 12.7. The molecular weight excluding hydrogens is 978 g/mol. The van der Waals surface area contributed by atoms with Crippen LogP contribution in [0.4, 0.5) is 0 Å². The molecule has 3 N–H and O–H groups in total. The third-order valence-electron chi connectivity index (χ3n) is 12.5. The van der Waals surface area contributed by atoms with Gasteiger partial charge in [-0.1, -0.05) is 263 Å². The predicted octanol–water partition coefficient (Wildman–Crippen LogP) is 19.7. The van der Waals surface area contributed by atoms with E-state index in [0.717, 1.165) is 89.9 Å². The average molecular weight is 1090 g/mol. The second-order valence-corrected chi connectivity index (χ2v) is 21.3. The molecule has 0 aliphatic carbocycles. The zero-order valence-corrected chi connectivity index (χ0v) is 49.8. The second kappa shape index (κ2) is 61.4. The summed E-state index contributed by atoms with van der Waals surface area (Å²) >= 11 is 0. The van der Waals surface area contributed by atoms with Gasteiger partial charge in [0, 0.05) is 19.4 Å². The third-order valence-corrected chi connectivity index (χ3v) is 13.5. The molecule has 0 aromatic rings. The molecule has 0 saturated carbocycles. The summed E-state index contributed by atoms with van der Waals surface area (Å²) in [5, 5.41) is 0. The number of phosphoric ester groups is 1. The highest BCUT2D eigenvalue weighted by atomic mass is 31.2. The molecule has 0 fully saturated rings. The SMILES string of the molecule is CC/C=C\C/C=C\C/C=C\C/C=C\C/C=C\C/C=C\C/C=C\CCCC(=O)OC(COC(=O)CCCCCCCCCCCCCCCCCCCCCC/C=C\C/C=C\C/C=C\C/C=C\CC)COP(=O)(O)OCCN. The molecule has 0 heterocycles. The van der Waals surface area contributed by atoms with E-state index in [2.05, 4.69) is 141 Å². The second-order valence-electron chi connectivity index (χ2n) is 19.8. The molecular formula is C67H112NO8P. The van der Waals surface area contributed by atoms with Gasteiger partial charge >= 0.3 is 19.8 Å². The molecule has 9 nitrogen and oxygen atoms in total. The normalized spacial score (nSPS) is 14.0. The summed E-state index contributed by atoms with van der Waals surface area (Å²) in [7, 11) is -4.41. The third kappa shape index (κ3) is 61.2. The average Bonchev–Trinajstić information content (AvgIpc) is 3.42. The van der Waals surface area contributed by atoms with E-state index in [-0.39, 0.29) is 32.6 Å². The van der Waals surface area contributed by atoms with Crippen LogP contribution < -0.4 is 5.73 Å². The first-order valence-corrected chi connectivity index (χ1v) is 32.2. The van der Waals surface area contributed by atoms with Gasteiger partial charge in [0.2, 0.25) is 0 Å². The number of hydrogen-bond acceptors (Lipinski definition) is 8. The summed E-state index contributed by atoms with van der Waals surface area (Å²) in [5.74, 6) is -0.900. The van der Waals surface area contributed by atoms with E-state index in [4.69, 9.17) is 24.3 Å². The van der Waals surface area contributed by atoms with Gasteiger partial charge in [-0.15, -0.1) is 0 Å². The van der Waals surface area contributed by atoms with Crippen LogP contribution in [0.3, 0.4) is 0 Å². The summed E-state index contributed by atoms with van der Waals surface area (Å²) < 4.78 is 33.0. The first kappa shape index (κ1) is 73.2. The van der Waals surface area contributed by atoms with E-state index >= 15 is 0 Å². The van der Waals surface area contributed by atoms with Crippen molar-refractivity contribution in [3.63, 3.8) is 0 Å². The molecule has 0 aliphatic rings. The molecule has 0 saturated heterocycles. The molecule has 10 heteroatoms. The van der Waals surface area contributed by atoms with Gasteiger partial charge in [0.15, 0.2) is 6.10 Å². The summed E-state index contributed by atoms with van der Waals surface area (Å²) in [4.78, 5) is 35.2. The van der Waals surface area contributed by atoms with Crippen LogP contribution in [-0.2, 0) is 32.7 Å². The Bertz CT molecular complexity index is 1720. The fourth-order valence-corrected chi connectivity index (χ4v) is 8.85. The lowest BCUT2D eigenvalue weighted by molar-refractivity contribution is -0.161. The van der Waals surface area contributed by atoms with Crippen LogP contribution in [0.25, 0.3) is 0 Å². The van der Waals surface area contributed by atoms with Gasteiger partial charge < -0.3 is 20.1 Å². The Morgan fingerprint density at radius 2 is 0.688 bits per heavy atom. The Morgan fingerprint density at radius 3 is 1.04 bits per heavy atom. The van der Waals surface area contributed by atoms with Crippen molar-refractivity contribution >= 4 is 19.8 Å². The van der Waals surface area contributed by atoms with E-state index in [9.17, 15) is 19.0 Å². The smallest absolute Gasteiger partial charge is 0.462 e. The molecule has 2 unspecified atom stereocenters. The largest absolute Gasteiger partial charge is 0.472 e. The monoisotopic (exact) mass is 1090 g/mol. The zero-order valence-electron chi connectivity index (χ0n) is 48.9. The van der Waals surface area contributed by atoms with Crippen molar-refractivity contribution in [1.29, 1.82) is 0 Å². The van der Waals surface area contributed by atoms with Crippen LogP contribution in [-0.4, -0.2) is 49.3 Å². The number of phosphoric acid groups is 1. The van der Waals surface area contributed by atoms with Crippen molar-refractivity contribution in [1.82, 2.24) is 0 Å². The van der Waals surface area contributed by atoms with Crippen molar-refractivity contribution in [2.24, 2.45) is 5.73 Å². The number of esters is 2. The van der Waals surface area contributed by atoms with Gasteiger partial charge in [0.25, 0.3) is 0 Å². The van der Waals surface area contributed by atoms with Gasteiger partial charge in [-0.2, -0.15) is 0 Å². The van der Waals surface area contributed by atoms with Crippen LogP contribution in [0.15, 0.2) is 134 Å². The molecule has 0 aromatic carbocycles. The minimum absolute atomic E-state index is 0.0384. The molecule has 0 rings (SSSR count). The van der Waals surface area contributed by atoms with Crippen molar-refractivity contribution in [3.8, 4) is 0 Å². The number of hydrogen-bond donors (Lipinski definition) is 2. The van der Waals surface area contributed by atoms with Crippen molar-refractivity contribution in [2.45, 2.75) is 251 Å². The minimum Gasteiger partial charge on any atom is -0.462 e. The number of carbonyl (C=O) groups is 2. The lowest BCUT2D eigenvalue weighted by atomic mass is 10.0. The fourth-order valence-electron chi connectivity index (χ4n) is 8.09. The maximum atomic E-state index is 12.7. The Labute approximate surface area is 472 Å². The van der Waals surface area contributed by atoms with Crippen molar-refractivity contribution in [3.05, 3.63) is 134 Å². The Morgan fingerprint density at radius 1 is 0.390 bits per heavy atom. The zero-order chi connectivity index (χ0) is 55.9. The summed E-state index contributed by atoms with van der Waals surface area (Å²) in [6, 6.07) is 0. The Kier molecular flexibility index (Phi) is 58.3. The highest BCUT2D eigenvalue weighted by Crippen LogP contribution is 2.43. The highest BCUT2D eigenvalue weighted by molar-refractivity contribution is 7.47. The number of ether oxygens (including phenoxy) is 2. The van der Waals surface area contributed by atoms with Crippen molar-refractivity contribution in [2.75, 3.05) is 26.4 Å². The molecule has 0 aromatic heterocycles. The van der Waals surface area contributed by atoms with E-state index in [1.165, 1.54) is 116 Å². The number of rotatable bonds is 56. The quantitative estimate of drug-likeness (QED) is 0.0264. The van der Waals surface area contributed by atoms with Gasteiger partial charge in [-0.05, 0) is 103 Å². The van der Waals surface area contributed by atoms with E-state index in [1.54, 1.807) is 0 Å².